The van der Waals surface area contributed by atoms with E-state index in [0.29, 0.717) is 12.8 Å². The highest BCUT2D eigenvalue weighted by molar-refractivity contribution is 5.75. The maximum Gasteiger partial charge on any atom is 0.219 e. The molecule has 3 N–H and O–H groups in total. The van der Waals surface area contributed by atoms with E-state index in [9.17, 15) is 15.0 Å². The number of nitrogens with one attached hydrogen (secondary N) is 1. The van der Waals surface area contributed by atoms with Gasteiger partial charge in [0.2, 0.25) is 5.91 Å². The topological polar surface area (TPSA) is 69.6 Å². The average Bonchev–Trinajstić information content (AvgIpc) is 3.09. The third-order valence-corrected chi connectivity index (χ3v) is 10.6. The normalized spacial score (nSPS) is 12.8. The molecular weight excluding hydrogens is 590 g/mol. The Kier molecular flexibility index (Phi) is 40.3. The smallest absolute Gasteiger partial charge is 0.219 e. The number of carbonyl (C=O) groups excluding carboxylic acids is 1. The van der Waals surface area contributed by atoms with E-state index in [1.165, 1.54) is 205 Å². The SMILES string of the molecule is CCCCCCCCCCCCCCCCCCCCCCCCCC(=O)NCCCCCCCCCCCCCCC(O)C(O)CC. The van der Waals surface area contributed by atoms with Crippen LogP contribution in [0.15, 0.2) is 0 Å². The lowest BCUT2D eigenvalue weighted by Crippen LogP contribution is -2.24. The number of rotatable bonds is 41. The Morgan fingerprint density at radius 3 is 1.02 bits per heavy atom. The van der Waals surface area contributed by atoms with Gasteiger partial charge in [0.1, 0.15) is 0 Å². The van der Waals surface area contributed by atoms with Crippen molar-refractivity contribution in [3.05, 3.63) is 0 Å². The van der Waals surface area contributed by atoms with Gasteiger partial charge in [-0.3, -0.25) is 4.79 Å². The number of carbonyl (C=O) groups is 1. The molecule has 0 aromatic rings. The Bertz CT molecular complexity index is 612. The van der Waals surface area contributed by atoms with Crippen molar-refractivity contribution >= 4 is 5.91 Å². The zero-order chi connectivity index (χ0) is 35.0. The van der Waals surface area contributed by atoms with E-state index in [1.807, 2.05) is 6.92 Å². The largest absolute Gasteiger partial charge is 0.390 e. The Morgan fingerprint density at radius 2 is 0.688 bits per heavy atom. The van der Waals surface area contributed by atoms with Crippen LogP contribution in [-0.4, -0.2) is 34.9 Å². The maximum atomic E-state index is 12.1. The average molecular weight is 680 g/mol. The lowest BCUT2D eigenvalue weighted by Gasteiger charge is -2.15. The van der Waals surface area contributed by atoms with Crippen molar-refractivity contribution < 1.29 is 15.0 Å². The van der Waals surface area contributed by atoms with Crippen LogP contribution in [0.4, 0.5) is 0 Å². The second-order valence-electron chi connectivity index (χ2n) is 15.5. The minimum Gasteiger partial charge on any atom is -0.390 e. The summed E-state index contributed by atoms with van der Waals surface area (Å²) in [5, 5.41) is 22.5. The van der Waals surface area contributed by atoms with Crippen molar-refractivity contribution in [3.8, 4) is 0 Å². The van der Waals surface area contributed by atoms with Crippen LogP contribution in [0.25, 0.3) is 0 Å². The number of hydrogen-bond acceptors (Lipinski definition) is 3. The molecule has 4 heteroatoms. The van der Waals surface area contributed by atoms with Crippen LogP contribution in [0.1, 0.15) is 258 Å². The van der Waals surface area contributed by atoms with Crippen LogP contribution in [0.3, 0.4) is 0 Å². The van der Waals surface area contributed by atoms with Crippen molar-refractivity contribution in [1.29, 1.82) is 0 Å². The van der Waals surface area contributed by atoms with Gasteiger partial charge in [0.25, 0.3) is 0 Å². The van der Waals surface area contributed by atoms with Gasteiger partial charge in [-0.25, -0.2) is 0 Å². The number of hydrogen-bond donors (Lipinski definition) is 3. The molecule has 0 fully saturated rings. The van der Waals surface area contributed by atoms with Crippen molar-refractivity contribution in [2.24, 2.45) is 0 Å². The molecule has 4 nitrogen and oxygen atoms in total. The molecule has 0 aliphatic carbocycles. The minimum atomic E-state index is -0.550. The van der Waals surface area contributed by atoms with Gasteiger partial charge in [-0.05, 0) is 25.7 Å². The summed E-state index contributed by atoms with van der Waals surface area (Å²) in [5.41, 5.74) is 0. The van der Waals surface area contributed by atoms with Gasteiger partial charge in [0.15, 0.2) is 0 Å². The summed E-state index contributed by atoms with van der Waals surface area (Å²) in [6.45, 7) is 5.07. The molecule has 1 amide bonds. The highest BCUT2D eigenvalue weighted by Crippen LogP contribution is 2.17. The van der Waals surface area contributed by atoms with Crippen LogP contribution in [0.5, 0.6) is 0 Å². The molecule has 0 aromatic heterocycles. The lowest BCUT2D eigenvalue weighted by molar-refractivity contribution is -0.121. The molecular formula is C44H89NO3. The van der Waals surface area contributed by atoms with Gasteiger partial charge in [-0.15, -0.1) is 0 Å². The van der Waals surface area contributed by atoms with Crippen molar-refractivity contribution in [1.82, 2.24) is 5.32 Å². The molecule has 48 heavy (non-hydrogen) atoms. The van der Waals surface area contributed by atoms with E-state index in [4.69, 9.17) is 0 Å². The highest BCUT2D eigenvalue weighted by Gasteiger charge is 2.12. The molecule has 2 atom stereocenters. The van der Waals surface area contributed by atoms with Gasteiger partial charge in [0, 0.05) is 13.0 Å². The zero-order valence-corrected chi connectivity index (χ0v) is 33.0. The van der Waals surface area contributed by atoms with Gasteiger partial charge < -0.3 is 15.5 Å². The van der Waals surface area contributed by atoms with Crippen LogP contribution in [0, 0.1) is 0 Å². The maximum absolute atomic E-state index is 12.1. The van der Waals surface area contributed by atoms with Crippen LogP contribution in [-0.2, 0) is 4.79 Å². The fraction of sp³-hybridized carbons (Fsp3) is 0.977. The Balaban J connectivity index is 3.18. The van der Waals surface area contributed by atoms with E-state index in [2.05, 4.69) is 12.2 Å². The van der Waals surface area contributed by atoms with E-state index < -0.39 is 12.2 Å². The number of unbranched alkanes of at least 4 members (excludes halogenated alkanes) is 33. The molecule has 288 valence electrons. The van der Waals surface area contributed by atoms with E-state index in [0.717, 1.165) is 32.2 Å². The quantitative estimate of drug-likeness (QED) is 0.0563. The first kappa shape index (κ1) is 47.4. The first-order valence-corrected chi connectivity index (χ1v) is 22.2. The number of amides is 1. The lowest BCUT2D eigenvalue weighted by atomic mass is 10.0. The summed E-state index contributed by atoms with van der Waals surface area (Å²) in [6, 6.07) is 0. The third-order valence-electron chi connectivity index (χ3n) is 10.6. The summed E-state index contributed by atoms with van der Waals surface area (Å²) in [5.74, 6) is 0.258. The Morgan fingerprint density at radius 1 is 0.396 bits per heavy atom. The summed E-state index contributed by atoms with van der Waals surface area (Å²) >= 11 is 0. The monoisotopic (exact) mass is 680 g/mol. The standard InChI is InChI=1S/C44H89NO3/c1-3-5-6-7-8-9-10-11-12-13-14-15-16-17-18-19-20-21-25-28-31-34-37-40-44(48)45-41-38-35-32-29-26-23-22-24-27-30-33-36-39-43(47)42(46)4-2/h42-43,46-47H,3-41H2,1-2H3,(H,45,48). The molecule has 0 saturated heterocycles. The molecule has 0 spiro atoms. The molecule has 0 bridgehead atoms. The summed E-state index contributed by atoms with van der Waals surface area (Å²) in [4.78, 5) is 12.1. The fourth-order valence-electron chi connectivity index (χ4n) is 7.10. The second-order valence-corrected chi connectivity index (χ2v) is 15.5. The van der Waals surface area contributed by atoms with Crippen molar-refractivity contribution in [2.45, 2.75) is 270 Å². The first-order valence-electron chi connectivity index (χ1n) is 22.2. The van der Waals surface area contributed by atoms with E-state index in [-0.39, 0.29) is 5.91 Å². The van der Waals surface area contributed by atoms with Gasteiger partial charge in [-0.1, -0.05) is 226 Å². The highest BCUT2D eigenvalue weighted by atomic mass is 16.3. The van der Waals surface area contributed by atoms with E-state index >= 15 is 0 Å². The van der Waals surface area contributed by atoms with Gasteiger partial charge in [0.05, 0.1) is 12.2 Å². The molecule has 0 aliphatic rings. The summed E-state index contributed by atoms with van der Waals surface area (Å²) in [6.07, 6.45) is 48.4. The molecule has 2 unspecified atom stereocenters. The second kappa shape index (κ2) is 40.8. The van der Waals surface area contributed by atoms with Crippen LogP contribution >= 0.6 is 0 Å². The first-order chi connectivity index (χ1) is 23.6. The van der Waals surface area contributed by atoms with Gasteiger partial charge in [-0.2, -0.15) is 0 Å². The molecule has 0 aromatic carbocycles. The van der Waals surface area contributed by atoms with Crippen molar-refractivity contribution in [3.63, 3.8) is 0 Å². The summed E-state index contributed by atoms with van der Waals surface area (Å²) < 4.78 is 0. The third kappa shape index (κ3) is 38.2. The minimum absolute atomic E-state index is 0.258. The van der Waals surface area contributed by atoms with Crippen LogP contribution in [0.2, 0.25) is 0 Å². The molecule has 0 saturated carbocycles. The molecule has 0 radical (unpaired) electrons. The number of aliphatic hydroxyl groups excluding tert-OH is 2. The Hall–Kier alpha value is -0.610. The fourth-order valence-corrected chi connectivity index (χ4v) is 7.10. The van der Waals surface area contributed by atoms with Gasteiger partial charge >= 0.3 is 0 Å². The number of aliphatic hydroxyl groups is 2. The predicted octanol–water partition coefficient (Wildman–Crippen LogP) is 13.7. The molecule has 0 heterocycles. The molecule has 0 aliphatic heterocycles. The van der Waals surface area contributed by atoms with Crippen molar-refractivity contribution in [2.75, 3.05) is 6.54 Å². The van der Waals surface area contributed by atoms with E-state index in [1.54, 1.807) is 0 Å². The Labute approximate surface area is 302 Å². The predicted molar refractivity (Wildman–Crippen MR) is 212 cm³/mol. The molecule has 0 rings (SSSR count). The summed E-state index contributed by atoms with van der Waals surface area (Å²) in [7, 11) is 0. The zero-order valence-electron chi connectivity index (χ0n) is 33.0. The van der Waals surface area contributed by atoms with Crippen LogP contribution < -0.4 is 5.32 Å².